The first kappa shape index (κ1) is 23.4. The number of carboxylic acid groups (broad SMARTS) is 1. The van der Waals surface area contributed by atoms with Crippen molar-refractivity contribution in [3.05, 3.63) is 12.2 Å². The van der Waals surface area contributed by atoms with Gasteiger partial charge in [-0.3, -0.25) is 9.36 Å². The summed E-state index contributed by atoms with van der Waals surface area (Å²) in [5, 5.41) is 8.53. The predicted molar refractivity (Wildman–Crippen MR) is 98.3 cm³/mol. The quantitative estimate of drug-likeness (QED) is 0.198. The Labute approximate surface area is 146 Å². The van der Waals surface area contributed by atoms with Crippen molar-refractivity contribution in [2.75, 3.05) is 0 Å². The van der Waals surface area contributed by atoms with Crippen LogP contribution in [0.4, 0.5) is 0 Å². The number of rotatable bonds is 16. The molecule has 0 aliphatic carbocycles. The first-order valence-corrected chi connectivity index (χ1v) is 11.0. The summed E-state index contributed by atoms with van der Waals surface area (Å²) in [7, 11) is -4.01. The fourth-order valence-electron chi connectivity index (χ4n) is 2.67. The number of hydrogen-bond acceptors (Lipinski definition) is 2. The summed E-state index contributed by atoms with van der Waals surface area (Å²) in [6, 6.07) is 0. The number of carbonyl (C=O) groups is 1. The molecule has 0 bridgehead atoms. The maximum atomic E-state index is 11.5. The van der Waals surface area contributed by atoms with Crippen molar-refractivity contribution in [2.45, 2.75) is 96.1 Å². The molecule has 0 aromatic carbocycles. The topological polar surface area (TPSA) is 94.8 Å². The van der Waals surface area contributed by atoms with Crippen LogP contribution >= 0.6 is 7.60 Å². The van der Waals surface area contributed by atoms with Crippen molar-refractivity contribution >= 4 is 13.6 Å². The van der Waals surface area contributed by atoms with Gasteiger partial charge in [0.2, 0.25) is 0 Å². The normalized spacial score (nSPS) is 13.5. The van der Waals surface area contributed by atoms with E-state index in [-0.39, 0.29) is 6.42 Å². The second-order valence-electron chi connectivity index (χ2n) is 6.50. The summed E-state index contributed by atoms with van der Waals surface area (Å²) in [6.07, 6.45) is 15.2. The Kier molecular flexibility index (Phi) is 14.3. The second kappa shape index (κ2) is 14.7. The maximum absolute atomic E-state index is 11.5. The maximum Gasteiger partial charge on any atom is 0.328 e. The number of hydrogen-bond donors (Lipinski definition) is 3. The van der Waals surface area contributed by atoms with E-state index in [9.17, 15) is 19.1 Å². The molecule has 0 spiro atoms. The van der Waals surface area contributed by atoms with Gasteiger partial charge in [0, 0.05) is 6.42 Å². The van der Waals surface area contributed by atoms with E-state index in [1.807, 2.05) is 12.2 Å². The third-order valence-electron chi connectivity index (χ3n) is 4.20. The fraction of sp³-hybridized carbons (Fsp3) is 0.833. The number of aliphatic carboxylic acids is 1. The molecule has 0 saturated carbocycles. The minimum Gasteiger partial charge on any atom is -0.481 e. The van der Waals surface area contributed by atoms with Gasteiger partial charge in [0.05, 0.1) is 5.66 Å². The van der Waals surface area contributed by atoms with E-state index in [1.54, 1.807) is 0 Å². The predicted octanol–water partition coefficient (Wildman–Crippen LogP) is 5.26. The highest BCUT2D eigenvalue weighted by Gasteiger charge is 2.26. The van der Waals surface area contributed by atoms with Crippen LogP contribution in [0.15, 0.2) is 12.2 Å². The van der Waals surface area contributed by atoms with Gasteiger partial charge in [0.15, 0.2) is 0 Å². The van der Waals surface area contributed by atoms with Crippen LogP contribution in [0.25, 0.3) is 0 Å². The van der Waals surface area contributed by atoms with E-state index in [0.717, 1.165) is 64.2 Å². The molecule has 0 amide bonds. The zero-order valence-electron chi connectivity index (χ0n) is 15.0. The molecule has 0 aromatic rings. The zero-order chi connectivity index (χ0) is 18.3. The van der Waals surface area contributed by atoms with Crippen molar-refractivity contribution in [2.24, 2.45) is 0 Å². The van der Waals surface area contributed by atoms with Crippen LogP contribution in [0.3, 0.4) is 0 Å². The van der Waals surface area contributed by atoms with Crippen LogP contribution in [-0.4, -0.2) is 26.5 Å². The van der Waals surface area contributed by atoms with Crippen LogP contribution < -0.4 is 0 Å². The molecule has 0 aliphatic heterocycles. The molecular formula is C18H35O5P. The second-order valence-corrected chi connectivity index (χ2v) is 8.41. The van der Waals surface area contributed by atoms with Gasteiger partial charge in [-0.1, -0.05) is 64.0 Å². The smallest absolute Gasteiger partial charge is 0.328 e. The Morgan fingerprint density at radius 3 is 2.21 bits per heavy atom. The van der Waals surface area contributed by atoms with Crippen molar-refractivity contribution in [1.82, 2.24) is 0 Å². The van der Waals surface area contributed by atoms with Crippen molar-refractivity contribution in [3.63, 3.8) is 0 Å². The lowest BCUT2D eigenvalue weighted by Gasteiger charge is -2.16. The molecule has 0 fully saturated rings. The van der Waals surface area contributed by atoms with Crippen molar-refractivity contribution < 1.29 is 24.3 Å². The van der Waals surface area contributed by atoms with Gasteiger partial charge in [-0.25, -0.2) is 0 Å². The Morgan fingerprint density at radius 1 is 0.958 bits per heavy atom. The minimum atomic E-state index is -4.01. The number of unbranched alkanes of at least 4 members (excludes halogenated alkanes) is 8. The van der Waals surface area contributed by atoms with E-state index in [1.165, 1.54) is 0 Å². The average molecular weight is 362 g/mol. The molecule has 0 aliphatic rings. The van der Waals surface area contributed by atoms with Gasteiger partial charge >= 0.3 is 13.6 Å². The van der Waals surface area contributed by atoms with Gasteiger partial charge < -0.3 is 14.9 Å². The lowest BCUT2D eigenvalue weighted by atomic mass is 10.1. The Morgan fingerprint density at radius 2 is 1.58 bits per heavy atom. The molecule has 1 unspecified atom stereocenters. The monoisotopic (exact) mass is 362 g/mol. The molecule has 6 heteroatoms. The van der Waals surface area contributed by atoms with E-state index >= 15 is 0 Å². The third-order valence-corrected chi connectivity index (χ3v) is 5.62. The zero-order valence-corrected chi connectivity index (χ0v) is 15.9. The molecule has 0 radical (unpaired) electrons. The van der Waals surface area contributed by atoms with Crippen LogP contribution in [0.2, 0.25) is 0 Å². The molecule has 0 heterocycles. The molecule has 0 saturated heterocycles. The molecule has 3 N–H and O–H groups in total. The van der Waals surface area contributed by atoms with E-state index in [2.05, 4.69) is 6.92 Å². The van der Waals surface area contributed by atoms with Gasteiger partial charge in [0.1, 0.15) is 0 Å². The highest BCUT2D eigenvalue weighted by atomic mass is 31.2. The fourth-order valence-corrected chi connectivity index (χ4v) is 3.59. The summed E-state index contributed by atoms with van der Waals surface area (Å²) in [5.41, 5.74) is -0.540. The van der Waals surface area contributed by atoms with Crippen LogP contribution in [0, 0.1) is 0 Å². The summed E-state index contributed by atoms with van der Waals surface area (Å²) in [4.78, 5) is 29.2. The SMILES string of the molecule is CCCCCCC(C/C=C\CCCCCCCC(=O)O)P(=O)(O)O. The first-order chi connectivity index (χ1) is 11.4. The summed E-state index contributed by atoms with van der Waals surface area (Å²) >= 11 is 0. The molecule has 142 valence electrons. The first-order valence-electron chi connectivity index (χ1n) is 9.30. The summed E-state index contributed by atoms with van der Waals surface area (Å²) in [5.74, 6) is -0.729. The Bertz CT molecular complexity index is 389. The Balaban J connectivity index is 3.78. The van der Waals surface area contributed by atoms with Crippen molar-refractivity contribution in [1.29, 1.82) is 0 Å². The molecule has 0 rings (SSSR count). The molecular weight excluding hydrogens is 327 g/mol. The standard InChI is InChI=1S/C18H35O5P/c1-2-3-4-11-14-17(24(21,22)23)15-12-9-7-5-6-8-10-13-16-18(19)20/h9,12,17H,2-8,10-11,13-16H2,1H3,(H,19,20)(H2,21,22,23)/b12-9-. The molecule has 24 heavy (non-hydrogen) atoms. The highest BCUT2D eigenvalue weighted by Crippen LogP contribution is 2.45. The summed E-state index contributed by atoms with van der Waals surface area (Å²) < 4.78 is 11.5. The van der Waals surface area contributed by atoms with E-state index < -0.39 is 19.2 Å². The van der Waals surface area contributed by atoms with E-state index in [4.69, 9.17) is 5.11 Å². The van der Waals surface area contributed by atoms with E-state index in [0.29, 0.717) is 12.8 Å². The van der Waals surface area contributed by atoms with Crippen LogP contribution in [-0.2, 0) is 9.36 Å². The Hall–Kier alpha value is -0.640. The third kappa shape index (κ3) is 14.9. The van der Waals surface area contributed by atoms with Gasteiger partial charge in [-0.15, -0.1) is 0 Å². The van der Waals surface area contributed by atoms with Gasteiger partial charge in [-0.05, 0) is 32.1 Å². The largest absolute Gasteiger partial charge is 0.481 e. The average Bonchev–Trinajstić information content (AvgIpc) is 2.49. The van der Waals surface area contributed by atoms with Gasteiger partial charge in [0.25, 0.3) is 0 Å². The number of carboxylic acids is 1. The summed E-state index contributed by atoms with van der Waals surface area (Å²) in [6.45, 7) is 2.12. The lowest BCUT2D eigenvalue weighted by molar-refractivity contribution is -0.137. The molecule has 1 atom stereocenters. The number of allylic oxidation sites excluding steroid dienone is 2. The van der Waals surface area contributed by atoms with Crippen molar-refractivity contribution in [3.8, 4) is 0 Å². The van der Waals surface area contributed by atoms with Crippen LogP contribution in [0.1, 0.15) is 90.4 Å². The molecule has 5 nitrogen and oxygen atoms in total. The lowest BCUT2D eigenvalue weighted by Crippen LogP contribution is -2.07. The molecule has 0 aromatic heterocycles. The highest BCUT2D eigenvalue weighted by molar-refractivity contribution is 7.52. The van der Waals surface area contributed by atoms with Crippen LogP contribution in [0.5, 0.6) is 0 Å². The minimum absolute atomic E-state index is 0.252. The van der Waals surface area contributed by atoms with Gasteiger partial charge in [-0.2, -0.15) is 0 Å².